The Bertz CT molecular complexity index is 1800. The molecule has 0 radical (unpaired) electrons. The van der Waals surface area contributed by atoms with Crippen molar-refractivity contribution in [3.05, 3.63) is 89.8 Å². The van der Waals surface area contributed by atoms with Gasteiger partial charge in [0.25, 0.3) is 0 Å². The van der Waals surface area contributed by atoms with Crippen LogP contribution in [0.1, 0.15) is 5.82 Å². The Morgan fingerprint density at radius 3 is 2.72 bits per heavy atom. The maximum absolute atomic E-state index is 4.82. The standard InChI is InChI=1S/C26H19N9S/c1-2-6-18-16(5-1)9-11-27-23(18)32-26-33-24(28-13-21-30-19-7-3-4-8-20(19)31-21)22-25(34-26)35(15-29-22)17-10-12-36-14-17/h1-12,14-15H,13H2,(H,30,31)(H2,27,28,32,33,34). The summed E-state index contributed by atoms with van der Waals surface area (Å²) in [6.07, 6.45) is 3.55. The van der Waals surface area contributed by atoms with Crippen LogP contribution in [0.2, 0.25) is 0 Å². The van der Waals surface area contributed by atoms with Crippen molar-refractivity contribution in [2.24, 2.45) is 0 Å². The predicted molar refractivity (Wildman–Crippen MR) is 143 cm³/mol. The van der Waals surface area contributed by atoms with Gasteiger partial charge in [-0.2, -0.15) is 21.3 Å². The number of benzene rings is 2. The van der Waals surface area contributed by atoms with Crippen molar-refractivity contribution in [2.75, 3.05) is 10.6 Å². The summed E-state index contributed by atoms with van der Waals surface area (Å²) < 4.78 is 1.96. The van der Waals surface area contributed by atoms with Crippen LogP contribution in [0.4, 0.5) is 17.6 Å². The summed E-state index contributed by atoms with van der Waals surface area (Å²) in [5.74, 6) is 2.54. The van der Waals surface area contributed by atoms with Crippen LogP contribution in [-0.2, 0) is 6.54 Å². The quantitative estimate of drug-likeness (QED) is 0.277. The minimum Gasteiger partial charge on any atom is -0.361 e. The Kier molecular flexibility index (Phi) is 4.81. The predicted octanol–water partition coefficient (Wildman–Crippen LogP) is 5.66. The number of aromatic amines is 1. The maximum atomic E-state index is 4.82. The molecular weight excluding hydrogens is 470 g/mol. The highest BCUT2D eigenvalue weighted by atomic mass is 32.1. The third-order valence-corrected chi connectivity index (χ3v) is 6.62. The fourth-order valence-electron chi connectivity index (χ4n) is 4.24. The van der Waals surface area contributed by atoms with Gasteiger partial charge in [0.1, 0.15) is 18.0 Å². The molecule has 0 fully saturated rings. The lowest BCUT2D eigenvalue weighted by molar-refractivity contribution is 0.996. The first-order chi connectivity index (χ1) is 17.8. The molecule has 9 nitrogen and oxygen atoms in total. The molecule has 0 spiro atoms. The smallest absolute Gasteiger partial charge is 0.232 e. The first-order valence-electron chi connectivity index (χ1n) is 11.4. The van der Waals surface area contributed by atoms with Crippen molar-refractivity contribution in [1.82, 2.24) is 34.5 Å². The van der Waals surface area contributed by atoms with Crippen molar-refractivity contribution >= 4 is 61.9 Å². The molecule has 0 bridgehead atoms. The van der Waals surface area contributed by atoms with Gasteiger partial charge >= 0.3 is 0 Å². The second-order valence-electron chi connectivity index (χ2n) is 8.22. The Labute approximate surface area is 208 Å². The number of nitrogens with zero attached hydrogens (tertiary/aromatic N) is 6. The van der Waals surface area contributed by atoms with E-state index in [1.165, 1.54) is 0 Å². The molecule has 0 aliphatic carbocycles. The monoisotopic (exact) mass is 489 g/mol. The van der Waals surface area contributed by atoms with Crippen LogP contribution < -0.4 is 10.6 Å². The van der Waals surface area contributed by atoms with Crippen LogP contribution in [0, 0.1) is 0 Å². The van der Waals surface area contributed by atoms with E-state index in [0.717, 1.165) is 33.3 Å². The molecule has 7 rings (SSSR count). The van der Waals surface area contributed by atoms with Crippen molar-refractivity contribution in [3.63, 3.8) is 0 Å². The molecule has 0 aliphatic heterocycles. The summed E-state index contributed by atoms with van der Waals surface area (Å²) in [4.78, 5) is 26.8. The minimum absolute atomic E-state index is 0.426. The Balaban J connectivity index is 1.30. The topological polar surface area (TPSA) is 109 Å². The van der Waals surface area contributed by atoms with E-state index in [0.29, 0.717) is 35.3 Å². The number of thiophene rings is 1. The number of hydrogen-bond donors (Lipinski definition) is 3. The largest absolute Gasteiger partial charge is 0.361 e. The maximum Gasteiger partial charge on any atom is 0.232 e. The molecule has 10 heteroatoms. The van der Waals surface area contributed by atoms with Gasteiger partial charge in [-0.3, -0.25) is 4.57 Å². The summed E-state index contributed by atoms with van der Waals surface area (Å²) >= 11 is 1.62. The number of fused-ring (bicyclic) bond motifs is 3. The Morgan fingerprint density at radius 2 is 1.81 bits per heavy atom. The van der Waals surface area contributed by atoms with E-state index in [9.17, 15) is 0 Å². The van der Waals surface area contributed by atoms with Crippen LogP contribution in [0.25, 0.3) is 38.7 Å². The van der Waals surface area contributed by atoms with E-state index in [4.69, 9.17) is 9.97 Å². The van der Waals surface area contributed by atoms with Crippen LogP contribution in [0.5, 0.6) is 0 Å². The zero-order valence-electron chi connectivity index (χ0n) is 18.9. The number of aromatic nitrogens is 7. The molecule has 5 heterocycles. The van der Waals surface area contributed by atoms with Crippen molar-refractivity contribution in [3.8, 4) is 5.69 Å². The molecule has 0 unspecified atom stereocenters. The number of nitrogens with one attached hydrogen (secondary N) is 3. The average molecular weight is 490 g/mol. The highest BCUT2D eigenvalue weighted by Gasteiger charge is 2.16. The molecule has 0 aliphatic rings. The third kappa shape index (κ3) is 3.60. The summed E-state index contributed by atoms with van der Waals surface area (Å²) in [5.41, 5.74) is 4.28. The number of rotatable bonds is 6. The van der Waals surface area contributed by atoms with Crippen LogP contribution in [0.3, 0.4) is 0 Å². The van der Waals surface area contributed by atoms with Gasteiger partial charge in [0.05, 0.1) is 23.3 Å². The van der Waals surface area contributed by atoms with Crippen molar-refractivity contribution < 1.29 is 0 Å². The average Bonchev–Trinajstić information content (AvgIpc) is 3.67. The van der Waals surface area contributed by atoms with Crippen molar-refractivity contribution in [1.29, 1.82) is 0 Å². The van der Waals surface area contributed by atoms with Gasteiger partial charge in [-0.25, -0.2) is 15.0 Å². The van der Waals surface area contributed by atoms with E-state index in [-0.39, 0.29) is 0 Å². The lowest BCUT2D eigenvalue weighted by atomic mass is 10.1. The first-order valence-corrected chi connectivity index (χ1v) is 12.3. The highest BCUT2D eigenvalue weighted by molar-refractivity contribution is 7.08. The number of imidazole rings is 2. The first kappa shape index (κ1) is 20.5. The normalized spacial score (nSPS) is 11.4. The number of para-hydroxylation sites is 2. The lowest BCUT2D eigenvalue weighted by Crippen LogP contribution is -2.08. The molecule has 5 aromatic heterocycles. The molecule has 0 amide bonds. The summed E-state index contributed by atoms with van der Waals surface area (Å²) in [6, 6.07) is 20.1. The fraction of sp³-hybridized carbons (Fsp3) is 0.0385. The van der Waals surface area contributed by atoms with E-state index in [2.05, 4.69) is 42.0 Å². The Hall–Kier alpha value is -4.83. The minimum atomic E-state index is 0.426. The molecular formula is C26H19N9S. The lowest BCUT2D eigenvalue weighted by Gasteiger charge is -2.11. The Morgan fingerprint density at radius 1 is 0.889 bits per heavy atom. The van der Waals surface area contributed by atoms with Gasteiger partial charge in [0.15, 0.2) is 17.0 Å². The van der Waals surface area contributed by atoms with E-state index >= 15 is 0 Å². The zero-order valence-corrected chi connectivity index (χ0v) is 19.7. The number of H-pyrrole nitrogens is 1. The highest BCUT2D eigenvalue weighted by Crippen LogP contribution is 2.28. The van der Waals surface area contributed by atoms with E-state index in [1.807, 2.05) is 64.5 Å². The fourth-order valence-corrected chi connectivity index (χ4v) is 4.87. The van der Waals surface area contributed by atoms with Gasteiger partial charge < -0.3 is 15.6 Å². The molecule has 2 aromatic carbocycles. The van der Waals surface area contributed by atoms with Gasteiger partial charge in [-0.1, -0.05) is 36.4 Å². The van der Waals surface area contributed by atoms with Crippen LogP contribution in [0.15, 0.2) is 83.9 Å². The summed E-state index contributed by atoms with van der Waals surface area (Å²) in [6.45, 7) is 0.456. The van der Waals surface area contributed by atoms with Gasteiger partial charge in [-0.05, 0) is 35.0 Å². The molecule has 0 atom stereocenters. The second kappa shape index (κ2) is 8.43. The van der Waals surface area contributed by atoms with Gasteiger partial charge in [0.2, 0.25) is 5.95 Å². The van der Waals surface area contributed by atoms with Gasteiger partial charge in [0, 0.05) is 17.0 Å². The molecule has 3 N–H and O–H groups in total. The zero-order chi connectivity index (χ0) is 23.9. The SMILES string of the molecule is c1ccc2c(Nc3nc(NCc4nc5ccccc5[nH]4)c4ncn(-c5ccsc5)c4n3)nccc2c1. The summed E-state index contributed by atoms with van der Waals surface area (Å²) in [7, 11) is 0. The molecule has 36 heavy (non-hydrogen) atoms. The number of pyridine rings is 1. The number of anilines is 3. The van der Waals surface area contributed by atoms with Gasteiger partial charge in [-0.15, -0.1) is 0 Å². The van der Waals surface area contributed by atoms with Crippen molar-refractivity contribution in [2.45, 2.75) is 6.54 Å². The third-order valence-electron chi connectivity index (χ3n) is 5.95. The van der Waals surface area contributed by atoms with E-state index < -0.39 is 0 Å². The summed E-state index contributed by atoms with van der Waals surface area (Å²) in [5, 5.41) is 12.9. The van der Waals surface area contributed by atoms with E-state index in [1.54, 1.807) is 23.9 Å². The van der Waals surface area contributed by atoms with Crippen LogP contribution in [-0.4, -0.2) is 34.5 Å². The molecule has 0 saturated heterocycles. The molecule has 7 aromatic rings. The number of hydrogen-bond acceptors (Lipinski definition) is 8. The molecule has 174 valence electrons. The second-order valence-corrected chi connectivity index (χ2v) is 9.00. The van der Waals surface area contributed by atoms with Crippen LogP contribution >= 0.6 is 11.3 Å². The molecule has 0 saturated carbocycles.